The van der Waals surface area contributed by atoms with Crippen molar-refractivity contribution in [2.75, 3.05) is 5.75 Å². The second kappa shape index (κ2) is 8.45. The van der Waals surface area contributed by atoms with Crippen LogP contribution in [-0.2, 0) is 6.42 Å². The fourth-order valence-corrected chi connectivity index (χ4v) is 2.67. The van der Waals surface area contributed by atoms with E-state index in [1.54, 1.807) is 16.9 Å². The minimum absolute atomic E-state index is 0.0830. The molecule has 2 heterocycles. The Morgan fingerprint density at radius 3 is 2.92 bits per heavy atom. The zero-order chi connectivity index (χ0) is 17.5. The SMILES string of the molecule is CCCc1ccc(C#N)c(SC/C([O-])=N/c2c[n+](C(C)C)no2)n1. The minimum Gasteiger partial charge on any atom is -0.861 e. The molecule has 0 fully saturated rings. The van der Waals surface area contributed by atoms with Crippen LogP contribution in [0.4, 0.5) is 5.88 Å². The van der Waals surface area contributed by atoms with Crippen molar-refractivity contribution in [3.8, 4) is 6.07 Å². The Kier molecular flexibility index (Phi) is 6.32. The molecule has 0 saturated heterocycles. The van der Waals surface area contributed by atoms with E-state index < -0.39 is 0 Å². The highest BCUT2D eigenvalue weighted by molar-refractivity contribution is 7.99. The first kappa shape index (κ1) is 17.9. The Morgan fingerprint density at radius 2 is 2.29 bits per heavy atom. The van der Waals surface area contributed by atoms with E-state index >= 15 is 0 Å². The monoisotopic (exact) mass is 345 g/mol. The number of pyridine rings is 1. The molecule has 24 heavy (non-hydrogen) atoms. The van der Waals surface area contributed by atoms with Gasteiger partial charge in [0.25, 0.3) is 6.20 Å². The van der Waals surface area contributed by atoms with Gasteiger partial charge in [0.05, 0.1) is 5.56 Å². The van der Waals surface area contributed by atoms with Gasteiger partial charge in [-0.25, -0.2) is 9.98 Å². The van der Waals surface area contributed by atoms with E-state index in [9.17, 15) is 5.11 Å². The second-order valence-electron chi connectivity index (χ2n) is 5.43. The lowest BCUT2D eigenvalue weighted by molar-refractivity contribution is -0.779. The summed E-state index contributed by atoms with van der Waals surface area (Å²) in [7, 11) is 0. The molecule has 0 aromatic carbocycles. The van der Waals surface area contributed by atoms with Crippen molar-refractivity contribution in [2.45, 2.75) is 44.7 Å². The normalized spacial score (nSPS) is 11.7. The van der Waals surface area contributed by atoms with Crippen LogP contribution in [0, 0.1) is 11.3 Å². The van der Waals surface area contributed by atoms with Gasteiger partial charge in [-0.05, 0) is 43.0 Å². The molecule has 8 heteroatoms. The van der Waals surface area contributed by atoms with E-state index in [0.717, 1.165) is 18.5 Å². The van der Waals surface area contributed by atoms with Crippen LogP contribution in [0.3, 0.4) is 0 Å². The highest BCUT2D eigenvalue weighted by Crippen LogP contribution is 2.21. The van der Waals surface area contributed by atoms with Gasteiger partial charge >= 0.3 is 5.88 Å². The van der Waals surface area contributed by atoms with Gasteiger partial charge in [-0.2, -0.15) is 5.26 Å². The molecule has 7 nitrogen and oxygen atoms in total. The summed E-state index contributed by atoms with van der Waals surface area (Å²) in [6.07, 6.45) is 3.39. The molecule has 2 aromatic rings. The lowest BCUT2D eigenvalue weighted by Gasteiger charge is -2.09. The molecular formula is C16H19N5O2S. The third-order valence-corrected chi connectivity index (χ3v) is 4.09. The van der Waals surface area contributed by atoms with Gasteiger partial charge < -0.3 is 5.11 Å². The van der Waals surface area contributed by atoms with Gasteiger partial charge in [-0.15, -0.1) is 0 Å². The highest BCUT2D eigenvalue weighted by atomic mass is 32.2. The number of nitriles is 1. The van der Waals surface area contributed by atoms with Crippen molar-refractivity contribution in [2.24, 2.45) is 4.99 Å². The zero-order valence-electron chi connectivity index (χ0n) is 13.9. The average molecular weight is 345 g/mol. The predicted octanol–water partition coefficient (Wildman–Crippen LogP) is 1.94. The molecule has 0 saturated carbocycles. The lowest BCUT2D eigenvalue weighted by atomic mass is 10.2. The first-order chi connectivity index (χ1) is 11.5. The summed E-state index contributed by atoms with van der Waals surface area (Å²) < 4.78 is 6.58. The fourth-order valence-electron chi connectivity index (χ4n) is 1.90. The van der Waals surface area contributed by atoms with Gasteiger partial charge in [0.15, 0.2) is 6.04 Å². The summed E-state index contributed by atoms with van der Waals surface area (Å²) in [6, 6.07) is 5.81. The van der Waals surface area contributed by atoms with Crippen LogP contribution in [0.1, 0.15) is 44.5 Å². The third-order valence-electron chi connectivity index (χ3n) is 3.11. The van der Waals surface area contributed by atoms with Crippen LogP contribution in [0.15, 0.2) is 32.9 Å². The van der Waals surface area contributed by atoms with Crippen molar-refractivity contribution in [1.29, 1.82) is 5.26 Å². The fraction of sp³-hybridized carbons (Fsp3) is 0.438. The molecule has 0 amide bonds. The summed E-state index contributed by atoms with van der Waals surface area (Å²) in [5.41, 5.74) is 1.38. The summed E-state index contributed by atoms with van der Waals surface area (Å²) in [5, 5.41) is 25.5. The first-order valence-corrected chi connectivity index (χ1v) is 8.67. The standard InChI is InChI=1S/C16H19N5O2S/c1-4-5-13-7-6-12(8-17)16(18-13)24-10-14(22)19-15-9-21(11(2)3)20-23-15/h6-7,9,11H,4-5,10H2,1-3H3. The van der Waals surface area contributed by atoms with E-state index in [2.05, 4.69) is 28.2 Å². The molecule has 0 spiro atoms. The van der Waals surface area contributed by atoms with Crippen LogP contribution in [0.2, 0.25) is 0 Å². The molecule has 2 aromatic heterocycles. The highest BCUT2D eigenvalue weighted by Gasteiger charge is 2.14. The Morgan fingerprint density at radius 1 is 1.50 bits per heavy atom. The number of aliphatic imine (C=N–C) groups is 1. The van der Waals surface area contributed by atoms with E-state index in [-0.39, 0.29) is 23.6 Å². The minimum atomic E-state index is -0.362. The second-order valence-corrected chi connectivity index (χ2v) is 6.39. The number of nitrogens with zero attached hydrogens (tertiary/aromatic N) is 5. The Hall–Kier alpha value is -2.40. The van der Waals surface area contributed by atoms with Crippen LogP contribution in [0.5, 0.6) is 0 Å². The van der Waals surface area contributed by atoms with Gasteiger partial charge in [-0.1, -0.05) is 25.1 Å². The molecule has 0 atom stereocenters. The van der Waals surface area contributed by atoms with Gasteiger partial charge in [0, 0.05) is 11.4 Å². The van der Waals surface area contributed by atoms with Gasteiger partial charge in [-0.3, -0.25) is 4.52 Å². The molecule has 0 radical (unpaired) electrons. The van der Waals surface area contributed by atoms with E-state index in [1.165, 1.54) is 11.8 Å². The number of aromatic nitrogens is 3. The first-order valence-electron chi connectivity index (χ1n) is 7.69. The van der Waals surface area contributed by atoms with Crippen LogP contribution in [-0.4, -0.2) is 21.9 Å². The van der Waals surface area contributed by atoms with Crippen LogP contribution in [0.25, 0.3) is 0 Å². The Balaban J connectivity index is 2.07. The summed E-state index contributed by atoms with van der Waals surface area (Å²) in [6.45, 7) is 5.96. The summed E-state index contributed by atoms with van der Waals surface area (Å²) >= 11 is 1.21. The number of hydrogen-bond donors (Lipinski definition) is 0. The largest absolute Gasteiger partial charge is 0.861 e. The molecular weight excluding hydrogens is 326 g/mol. The maximum atomic E-state index is 12.0. The molecule has 0 unspecified atom stereocenters. The zero-order valence-corrected chi connectivity index (χ0v) is 14.7. The van der Waals surface area contributed by atoms with Crippen molar-refractivity contribution in [3.63, 3.8) is 0 Å². The molecule has 126 valence electrons. The number of thioether (sulfide) groups is 1. The van der Waals surface area contributed by atoms with Crippen LogP contribution < -0.4 is 9.79 Å². The lowest BCUT2D eigenvalue weighted by Crippen LogP contribution is -2.36. The van der Waals surface area contributed by atoms with E-state index in [4.69, 9.17) is 9.78 Å². The molecule has 0 aliphatic rings. The van der Waals surface area contributed by atoms with Gasteiger partial charge in [0.2, 0.25) is 5.27 Å². The van der Waals surface area contributed by atoms with Crippen molar-refractivity contribution >= 4 is 23.5 Å². The third kappa shape index (κ3) is 4.80. The predicted molar refractivity (Wildman–Crippen MR) is 87.8 cm³/mol. The number of hydrogen-bond acceptors (Lipinski definition) is 7. The molecule has 0 aliphatic heterocycles. The van der Waals surface area contributed by atoms with Crippen LogP contribution >= 0.6 is 11.8 Å². The number of rotatable bonds is 7. The van der Waals surface area contributed by atoms with E-state index in [1.807, 2.05) is 19.9 Å². The maximum absolute atomic E-state index is 12.0. The van der Waals surface area contributed by atoms with Crippen molar-refractivity contribution < 1.29 is 14.3 Å². The van der Waals surface area contributed by atoms with E-state index in [0.29, 0.717) is 10.6 Å². The van der Waals surface area contributed by atoms with Crippen molar-refractivity contribution in [1.82, 2.24) is 10.3 Å². The smallest absolute Gasteiger partial charge is 0.320 e. The molecule has 0 bridgehead atoms. The Bertz CT molecular complexity index is 764. The summed E-state index contributed by atoms with van der Waals surface area (Å²) in [5.74, 6) is -0.110. The number of aryl methyl sites for hydroxylation is 1. The maximum Gasteiger partial charge on any atom is 0.320 e. The Labute approximate surface area is 145 Å². The average Bonchev–Trinajstić information content (AvgIpc) is 3.02. The molecule has 0 N–H and O–H groups in total. The van der Waals surface area contributed by atoms with Gasteiger partial charge in [0.1, 0.15) is 11.1 Å². The quantitative estimate of drug-likeness (QED) is 0.329. The molecule has 0 aliphatic carbocycles. The summed E-state index contributed by atoms with van der Waals surface area (Å²) in [4.78, 5) is 8.32. The molecule has 2 rings (SSSR count). The topological polar surface area (TPSA) is 102 Å². The van der Waals surface area contributed by atoms with Crippen molar-refractivity contribution in [3.05, 3.63) is 29.6 Å².